The quantitative estimate of drug-likeness (QED) is 0.863. The SMILES string of the molecule is CCCCNC1(C)CCc2ccccc2S(=O)(=O)C1. The lowest BCUT2D eigenvalue weighted by Gasteiger charge is -2.29. The molecule has 0 aliphatic carbocycles. The fourth-order valence-corrected chi connectivity index (χ4v) is 4.80. The molecule has 1 heterocycles. The summed E-state index contributed by atoms with van der Waals surface area (Å²) < 4.78 is 25.0. The van der Waals surface area contributed by atoms with E-state index in [-0.39, 0.29) is 11.3 Å². The van der Waals surface area contributed by atoms with Crippen LogP contribution >= 0.6 is 0 Å². The van der Waals surface area contributed by atoms with Crippen molar-refractivity contribution in [2.45, 2.75) is 50.0 Å². The number of nitrogens with one attached hydrogen (secondary N) is 1. The fraction of sp³-hybridized carbons (Fsp3) is 0.600. The Morgan fingerprint density at radius 3 is 2.79 bits per heavy atom. The third kappa shape index (κ3) is 3.37. The van der Waals surface area contributed by atoms with Gasteiger partial charge in [-0.25, -0.2) is 8.42 Å². The molecule has 1 aliphatic rings. The van der Waals surface area contributed by atoms with Crippen LogP contribution in [0.3, 0.4) is 0 Å². The maximum absolute atomic E-state index is 12.5. The van der Waals surface area contributed by atoms with Crippen molar-refractivity contribution >= 4 is 9.84 Å². The molecule has 3 nitrogen and oxygen atoms in total. The van der Waals surface area contributed by atoms with E-state index in [9.17, 15) is 8.42 Å². The Kier molecular flexibility index (Phi) is 4.31. The van der Waals surface area contributed by atoms with Gasteiger partial charge in [-0.3, -0.25) is 0 Å². The molecule has 1 aliphatic heterocycles. The number of fused-ring (bicyclic) bond motifs is 1. The summed E-state index contributed by atoms with van der Waals surface area (Å²) in [7, 11) is -3.19. The highest BCUT2D eigenvalue weighted by atomic mass is 32.2. The van der Waals surface area contributed by atoms with E-state index in [1.807, 2.05) is 25.1 Å². The molecule has 0 aromatic heterocycles. The average Bonchev–Trinajstić information content (AvgIpc) is 2.46. The molecule has 0 bridgehead atoms. The second kappa shape index (κ2) is 5.63. The number of rotatable bonds is 4. The number of hydrogen-bond donors (Lipinski definition) is 1. The molecule has 0 saturated carbocycles. The first-order valence-corrected chi connectivity index (χ1v) is 8.68. The molecule has 0 amide bonds. The maximum Gasteiger partial charge on any atom is 0.180 e. The Hall–Kier alpha value is -0.870. The van der Waals surface area contributed by atoms with Crippen LogP contribution in [0.15, 0.2) is 29.2 Å². The summed E-state index contributed by atoms with van der Waals surface area (Å²) in [5.41, 5.74) is 0.649. The standard InChI is InChI=1S/C15H23NO2S/c1-3-4-11-16-15(2)10-9-13-7-5-6-8-14(13)19(17,18)12-15/h5-8,16H,3-4,9-12H2,1-2H3. The third-order valence-corrected chi connectivity index (χ3v) is 5.93. The highest BCUT2D eigenvalue weighted by Crippen LogP contribution is 2.29. The fourth-order valence-electron chi connectivity index (χ4n) is 2.70. The largest absolute Gasteiger partial charge is 0.310 e. The van der Waals surface area contributed by atoms with Gasteiger partial charge in [0.05, 0.1) is 10.6 Å². The molecule has 0 fully saturated rings. The van der Waals surface area contributed by atoms with E-state index in [4.69, 9.17) is 0 Å². The zero-order chi connectivity index (χ0) is 13.9. The normalized spacial score (nSPS) is 25.6. The number of hydrogen-bond acceptors (Lipinski definition) is 3. The van der Waals surface area contributed by atoms with E-state index < -0.39 is 9.84 Å². The summed E-state index contributed by atoms with van der Waals surface area (Å²) in [4.78, 5) is 0.524. The smallest absolute Gasteiger partial charge is 0.180 e. The molecule has 2 rings (SSSR count). The van der Waals surface area contributed by atoms with Gasteiger partial charge in [-0.1, -0.05) is 31.5 Å². The first kappa shape index (κ1) is 14.5. The van der Waals surface area contributed by atoms with Crippen LogP contribution in [0.2, 0.25) is 0 Å². The minimum absolute atomic E-state index is 0.195. The Balaban J connectivity index is 2.24. The molecule has 1 unspecified atom stereocenters. The van der Waals surface area contributed by atoms with E-state index >= 15 is 0 Å². The van der Waals surface area contributed by atoms with Crippen molar-refractivity contribution in [3.8, 4) is 0 Å². The molecule has 1 aromatic carbocycles. The minimum atomic E-state index is -3.19. The van der Waals surface area contributed by atoms with Crippen LogP contribution < -0.4 is 5.32 Å². The first-order chi connectivity index (χ1) is 8.97. The summed E-state index contributed by atoms with van der Waals surface area (Å²) in [5.74, 6) is 0.195. The Morgan fingerprint density at radius 2 is 2.05 bits per heavy atom. The second-order valence-corrected chi connectivity index (χ2v) is 7.67. The Bertz CT molecular complexity index is 539. The van der Waals surface area contributed by atoms with Crippen molar-refractivity contribution < 1.29 is 8.42 Å². The minimum Gasteiger partial charge on any atom is -0.310 e. The summed E-state index contributed by atoms with van der Waals surface area (Å²) in [5, 5.41) is 3.45. The predicted molar refractivity (Wildman–Crippen MR) is 78.1 cm³/mol. The van der Waals surface area contributed by atoms with Gasteiger partial charge in [0, 0.05) is 5.54 Å². The van der Waals surface area contributed by atoms with Crippen molar-refractivity contribution in [3.05, 3.63) is 29.8 Å². The van der Waals surface area contributed by atoms with Crippen LogP contribution in [0.25, 0.3) is 0 Å². The topological polar surface area (TPSA) is 46.2 Å². The lowest BCUT2D eigenvalue weighted by Crippen LogP contribution is -2.47. The van der Waals surface area contributed by atoms with E-state index in [0.717, 1.165) is 37.8 Å². The van der Waals surface area contributed by atoms with E-state index in [1.165, 1.54) is 0 Å². The van der Waals surface area contributed by atoms with Crippen molar-refractivity contribution in [2.75, 3.05) is 12.3 Å². The molecule has 0 saturated heterocycles. The number of sulfone groups is 1. The maximum atomic E-state index is 12.5. The van der Waals surface area contributed by atoms with Crippen LogP contribution in [0, 0.1) is 0 Å². The number of benzene rings is 1. The van der Waals surface area contributed by atoms with Gasteiger partial charge in [-0.2, -0.15) is 0 Å². The van der Waals surface area contributed by atoms with Crippen LogP contribution in [0.5, 0.6) is 0 Å². The van der Waals surface area contributed by atoms with Gasteiger partial charge in [-0.05, 0) is 44.4 Å². The van der Waals surface area contributed by atoms with E-state index in [0.29, 0.717) is 4.90 Å². The molecule has 1 N–H and O–H groups in total. The number of aryl methyl sites for hydroxylation is 1. The summed E-state index contributed by atoms with van der Waals surface area (Å²) in [6.45, 7) is 5.06. The van der Waals surface area contributed by atoms with Crippen molar-refractivity contribution in [3.63, 3.8) is 0 Å². The molecular weight excluding hydrogens is 258 g/mol. The van der Waals surface area contributed by atoms with Crippen LogP contribution in [0.1, 0.15) is 38.7 Å². The van der Waals surface area contributed by atoms with Gasteiger partial charge >= 0.3 is 0 Å². The summed E-state index contributed by atoms with van der Waals surface area (Å²) in [6.07, 6.45) is 3.90. The van der Waals surface area contributed by atoms with Crippen molar-refractivity contribution in [2.24, 2.45) is 0 Å². The number of unbranched alkanes of at least 4 members (excludes halogenated alkanes) is 1. The zero-order valence-electron chi connectivity index (χ0n) is 11.8. The van der Waals surface area contributed by atoms with Gasteiger partial charge < -0.3 is 5.32 Å². The van der Waals surface area contributed by atoms with Crippen LogP contribution in [-0.2, 0) is 16.3 Å². The highest BCUT2D eigenvalue weighted by molar-refractivity contribution is 7.91. The van der Waals surface area contributed by atoms with E-state index in [1.54, 1.807) is 6.07 Å². The zero-order valence-corrected chi connectivity index (χ0v) is 12.6. The molecule has 0 radical (unpaired) electrons. The monoisotopic (exact) mass is 281 g/mol. The summed E-state index contributed by atoms with van der Waals surface area (Å²) >= 11 is 0. The van der Waals surface area contributed by atoms with Gasteiger partial charge in [0.25, 0.3) is 0 Å². The molecule has 19 heavy (non-hydrogen) atoms. The van der Waals surface area contributed by atoms with Crippen LogP contribution in [0.4, 0.5) is 0 Å². The van der Waals surface area contributed by atoms with E-state index in [2.05, 4.69) is 12.2 Å². The molecule has 1 aromatic rings. The van der Waals surface area contributed by atoms with Crippen LogP contribution in [-0.4, -0.2) is 26.3 Å². The molecule has 106 valence electrons. The van der Waals surface area contributed by atoms with Gasteiger partial charge in [-0.15, -0.1) is 0 Å². The molecule has 4 heteroatoms. The Morgan fingerprint density at radius 1 is 1.32 bits per heavy atom. The highest BCUT2D eigenvalue weighted by Gasteiger charge is 2.35. The predicted octanol–water partition coefficient (Wildman–Crippen LogP) is 2.55. The molecular formula is C15H23NO2S. The first-order valence-electron chi connectivity index (χ1n) is 7.02. The lowest BCUT2D eigenvalue weighted by molar-refractivity contribution is 0.364. The average molecular weight is 281 g/mol. The lowest BCUT2D eigenvalue weighted by atomic mass is 9.95. The molecule has 1 atom stereocenters. The van der Waals surface area contributed by atoms with Gasteiger partial charge in [0.1, 0.15) is 0 Å². The van der Waals surface area contributed by atoms with Gasteiger partial charge in [0.15, 0.2) is 9.84 Å². The van der Waals surface area contributed by atoms with Crippen molar-refractivity contribution in [1.29, 1.82) is 0 Å². The molecule has 0 spiro atoms. The summed E-state index contributed by atoms with van der Waals surface area (Å²) in [6, 6.07) is 7.40. The third-order valence-electron chi connectivity index (χ3n) is 3.84. The van der Waals surface area contributed by atoms with Crippen molar-refractivity contribution in [1.82, 2.24) is 5.32 Å². The van der Waals surface area contributed by atoms with Gasteiger partial charge in [0.2, 0.25) is 0 Å². The second-order valence-electron chi connectivity index (χ2n) is 5.71. The Labute approximate surface area is 116 Å².